The van der Waals surface area contributed by atoms with E-state index in [0.717, 1.165) is 27.8 Å². The molecule has 170 valence electrons. The summed E-state index contributed by atoms with van der Waals surface area (Å²) in [6.45, 7) is 2.28. The minimum absolute atomic E-state index is 0.264. The fraction of sp³-hybridized carbons (Fsp3) is 0.261. The fourth-order valence-electron chi connectivity index (χ4n) is 4.00. The van der Waals surface area contributed by atoms with E-state index < -0.39 is 0 Å². The van der Waals surface area contributed by atoms with Crippen LogP contribution in [0.2, 0.25) is 5.02 Å². The number of imidazole rings is 1. The molecule has 3 aromatic heterocycles. The summed E-state index contributed by atoms with van der Waals surface area (Å²) in [7, 11) is 5.18. The summed E-state index contributed by atoms with van der Waals surface area (Å²) >= 11 is 6.61. The van der Waals surface area contributed by atoms with Crippen LogP contribution in [0, 0.1) is 6.92 Å². The molecule has 0 fully saturated rings. The summed E-state index contributed by atoms with van der Waals surface area (Å²) in [5.74, 6) is 1.67. The average Bonchev–Trinajstić information content (AvgIpc) is 3.42. The lowest BCUT2D eigenvalue weighted by Crippen LogP contribution is -2.33. The van der Waals surface area contributed by atoms with E-state index in [1.807, 2.05) is 59.8 Å². The Morgan fingerprint density at radius 3 is 2.76 bits per heavy atom. The van der Waals surface area contributed by atoms with Gasteiger partial charge in [0.15, 0.2) is 5.84 Å². The molecule has 9 nitrogen and oxygen atoms in total. The average molecular weight is 467 g/mol. The molecule has 33 heavy (non-hydrogen) atoms. The molecule has 4 heterocycles. The SMILES string of the molecule is COc1cc(Cl)c2c(C3CONC(c4ccc(-n5cnc(C)c5)c(OC)n4)=N3)cn(C)c2c1. The molecule has 0 spiro atoms. The van der Waals surface area contributed by atoms with Gasteiger partial charge in [0.25, 0.3) is 0 Å². The number of hydrogen-bond donors (Lipinski definition) is 1. The molecular weight excluding hydrogens is 444 g/mol. The number of halogens is 1. The van der Waals surface area contributed by atoms with Gasteiger partial charge >= 0.3 is 0 Å². The molecule has 0 saturated carbocycles. The Morgan fingerprint density at radius 2 is 2.03 bits per heavy atom. The van der Waals surface area contributed by atoms with Gasteiger partial charge in [-0.25, -0.2) is 15.4 Å². The smallest absolute Gasteiger partial charge is 0.238 e. The molecule has 1 aliphatic rings. The highest BCUT2D eigenvalue weighted by molar-refractivity contribution is 6.36. The van der Waals surface area contributed by atoms with Gasteiger partial charge in [0.2, 0.25) is 5.88 Å². The highest BCUT2D eigenvalue weighted by Crippen LogP contribution is 2.37. The van der Waals surface area contributed by atoms with Crippen LogP contribution < -0.4 is 15.0 Å². The van der Waals surface area contributed by atoms with Gasteiger partial charge in [-0.15, -0.1) is 0 Å². The quantitative estimate of drug-likeness (QED) is 0.482. The zero-order valence-corrected chi connectivity index (χ0v) is 19.4. The third-order valence-corrected chi connectivity index (χ3v) is 5.90. The Balaban J connectivity index is 1.54. The number of methoxy groups -OCH3 is 2. The second-order valence-corrected chi connectivity index (χ2v) is 8.16. The second-order valence-electron chi connectivity index (χ2n) is 7.75. The van der Waals surface area contributed by atoms with Crippen LogP contribution >= 0.6 is 11.6 Å². The molecule has 0 radical (unpaired) electrons. The Morgan fingerprint density at radius 1 is 1.18 bits per heavy atom. The first-order chi connectivity index (χ1) is 16.0. The molecule has 1 N–H and O–H groups in total. The predicted molar refractivity (Wildman–Crippen MR) is 125 cm³/mol. The van der Waals surface area contributed by atoms with E-state index in [1.54, 1.807) is 20.5 Å². The van der Waals surface area contributed by atoms with Crippen molar-refractivity contribution >= 4 is 28.3 Å². The highest BCUT2D eigenvalue weighted by atomic mass is 35.5. The Labute approximate surface area is 195 Å². The summed E-state index contributed by atoms with van der Waals surface area (Å²) in [5, 5.41) is 1.53. The first-order valence-electron chi connectivity index (χ1n) is 10.3. The molecule has 1 aromatic carbocycles. The molecule has 0 bridgehead atoms. The van der Waals surface area contributed by atoms with Gasteiger partial charge in [-0.1, -0.05) is 11.6 Å². The van der Waals surface area contributed by atoms with Gasteiger partial charge in [0.1, 0.15) is 29.8 Å². The summed E-state index contributed by atoms with van der Waals surface area (Å²) in [4.78, 5) is 19.5. The van der Waals surface area contributed by atoms with Crippen molar-refractivity contribution in [3.8, 4) is 17.3 Å². The molecule has 1 unspecified atom stereocenters. The molecule has 10 heteroatoms. The van der Waals surface area contributed by atoms with Crippen LogP contribution in [-0.2, 0) is 11.9 Å². The predicted octanol–water partition coefficient (Wildman–Crippen LogP) is 3.76. The van der Waals surface area contributed by atoms with Crippen LogP contribution in [0.25, 0.3) is 16.6 Å². The van der Waals surface area contributed by atoms with Crippen molar-refractivity contribution in [2.24, 2.45) is 12.0 Å². The van der Waals surface area contributed by atoms with Gasteiger partial charge in [-0.2, -0.15) is 0 Å². The summed E-state index contributed by atoms with van der Waals surface area (Å²) < 4.78 is 14.8. The molecular formula is C23H23ClN6O3. The van der Waals surface area contributed by atoms with Gasteiger partial charge in [-0.3, -0.25) is 9.83 Å². The maximum atomic E-state index is 6.61. The number of pyridine rings is 1. The number of aromatic nitrogens is 4. The van der Waals surface area contributed by atoms with Crippen LogP contribution in [0.4, 0.5) is 0 Å². The number of nitrogens with one attached hydrogen (secondary N) is 1. The van der Waals surface area contributed by atoms with Crippen LogP contribution in [-0.4, -0.2) is 45.8 Å². The van der Waals surface area contributed by atoms with E-state index >= 15 is 0 Å². The van der Waals surface area contributed by atoms with Crippen molar-refractivity contribution in [3.05, 3.63) is 65.0 Å². The number of amidine groups is 1. The molecule has 0 amide bonds. The molecule has 0 saturated heterocycles. The second kappa shape index (κ2) is 8.42. The monoisotopic (exact) mass is 466 g/mol. The number of aryl methyl sites for hydroxylation is 2. The third-order valence-electron chi connectivity index (χ3n) is 5.60. The standard InChI is InChI=1S/C23H23ClN6O3/c1-13-9-30(12-25-13)19-6-5-17(27-23(19)32-4)22-26-18(11-33-28-22)15-10-29(2)20-8-14(31-3)7-16(24)21(15)20/h5-10,12,18H,11H2,1-4H3,(H,26,28). The first-order valence-corrected chi connectivity index (χ1v) is 10.7. The van der Waals surface area contributed by atoms with Gasteiger partial charge in [0, 0.05) is 36.5 Å². The zero-order valence-electron chi connectivity index (χ0n) is 18.7. The largest absolute Gasteiger partial charge is 0.497 e. The van der Waals surface area contributed by atoms with Crippen molar-refractivity contribution < 1.29 is 14.3 Å². The Kier molecular flexibility index (Phi) is 5.43. The van der Waals surface area contributed by atoms with Crippen LogP contribution in [0.15, 0.2) is 48.0 Å². The maximum Gasteiger partial charge on any atom is 0.238 e. The number of aliphatic imine (C=N–C) groups is 1. The van der Waals surface area contributed by atoms with Crippen molar-refractivity contribution in [1.29, 1.82) is 0 Å². The fourth-order valence-corrected chi connectivity index (χ4v) is 4.31. The number of rotatable bonds is 5. The van der Waals surface area contributed by atoms with E-state index in [9.17, 15) is 0 Å². The molecule has 5 rings (SSSR count). The minimum atomic E-state index is -0.264. The lowest BCUT2D eigenvalue weighted by molar-refractivity contribution is 0.0623. The van der Waals surface area contributed by atoms with Gasteiger partial charge in [-0.05, 0) is 25.1 Å². The number of ether oxygens (including phenoxy) is 2. The van der Waals surface area contributed by atoms with E-state index in [-0.39, 0.29) is 6.04 Å². The minimum Gasteiger partial charge on any atom is -0.497 e. The van der Waals surface area contributed by atoms with Crippen LogP contribution in [0.5, 0.6) is 11.6 Å². The molecule has 1 atom stereocenters. The lowest BCUT2D eigenvalue weighted by atomic mass is 10.1. The van der Waals surface area contributed by atoms with E-state index in [0.29, 0.717) is 34.8 Å². The molecule has 0 aliphatic carbocycles. The molecule has 1 aliphatic heterocycles. The summed E-state index contributed by atoms with van der Waals surface area (Å²) in [6, 6.07) is 7.28. The van der Waals surface area contributed by atoms with Crippen molar-refractivity contribution in [3.63, 3.8) is 0 Å². The summed E-state index contributed by atoms with van der Waals surface area (Å²) in [6.07, 6.45) is 5.66. The number of hydroxylamine groups is 1. The first kappa shape index (κ1) is 21.3. The third kappa shape index (κ3) is 3.79. The number of fused-ring (bicyclic) bond motifs is 1. The van der Waals surface area contributed by atoms with Gasteiger partial charge < -0.3 is 18.6 Å². The van der Waals surface area contributed by atoms with Crippen molar-refractivity contribution in [1.82, 2.24) is 24.6 Å². The summed E-state index contributed by atoms with van der Waals surface area (Å²) in [5.41, 5.74) is 7.11. The lowest BCUT2D eigenvalue weighted by Gasteiger charge is -2.22. The van der Waals surface area contributed by atoms with Crippen LogP contribution in [0.1, 0.15) is 23.0 Å². The van der Waals surface area contributed by atoms with E-state index in [1.165, 1.54) is 0 Å². The van der Waals surface area contributed by atoms with Crippen molar-refractivity contribution in [2.45, 2.75) is 13.0 Å². The van der Waals surface area contributed by atoms with Crippen LogP contribution in [0.3, 0.4) is 0 Å². The van der Waals surface area contributed by atoms with Crippen molar-refractivity contribution in [2.75, 3.05) is 20.8 Å². The topological polar surface area (TPSA) is 87.7 Å². The van der Waals surface area contributed by atoms with E-state index in [2.05, 4.69) is 15.4 Å². The number of hydrogen-bond acceptors (Lipinski definition) is 7. The van der Waals surface area contributed by atoms with E-state index in [4.69, 9.17) is 30.9 Å². The Bertz CT molecular complexity index is 1380. The maximum absolute atomic E-state index is 6.61. The Hall–Kier alpha value is -3.56. The normalized spacial score (nSPS) is 15.9. The van der Waals surface area contributed by atoms with Gasteiger partial charge in [0.05, 0.1) is 36.8 Å². The number of nitrogens with zero attached hydrogens (tertiary/aromatic N) is 5. The highest BCUT2D eigenvalue weighted by Gasteiger charge is 2.25. The molecule has 4 aromatic rings. The zero-order chi connectivity index (χ0) is 23.1. The number of benzene rings is 1.